The molecule has 3 fully saturated rings. The van der Waals surface area contributed by atoms with Crippen LogP contribution in [0.25, 0.3) is 0 Å². The van der Waals surface area contributed by atoms with Crippen molar-refractivity contribution in [1.29, 1.82) is 0 Å². The van der Waals surface area contributed by atoms with Gasteiger partial charge in [0.15, 0.2) is 0 Å². The molecule has 4 nitrogen and oxygen atoms in total. The van der Waals surface area contributed by atoms with Gasteiger partial charge in [-0.1, -0.05) is 25.7 Å². The lowest BCUT2D eigenvalue weighted by atomic mass is 9.67. The third kappa shape index (κ3) is 3.25. The van der Waals surface area contributed by atoms with Crippen molar-refractivity contribution in [1.82, 2.24) is 14.7 Å². The van der Waals surface area contributed by atoms with E-state index < -0.39 is 0 Å². The van der Waals surface area contributed by atoms with Crippen LogP contribution in [0.15, 0.2) is 12.4 Å². The smallest absolute Gasteiger partial charge is 0.225 e. The molecule has 3 atom stereocenters. The third-order valence-electron chi connectivity index (χ3n) is 6.89. The number of hydrogen-bond acceptors (Lipinski definition) is 2. The summed E-state index contributed by atoms with van der Waals surface area (Å²) in [4.78, 5) is 15.2. The van der Waals surface area contributed by atoms with Gasteiger partial charge in [0.25, 0.3) is 0 Å². The Morgan fingerprint density at radius 3 is 2.50 bits per heavy atom. The minimum Gasteiger partial charge on any atom is -0.342 e. The molecule has 1 aromatic heterocycles. The second-order valence-corrected chi connectivity index (χ2v) is 8.36. The Morgan fingerprint density at radius 1 is 1.04 bits per heavy atom. The van der Waals surface area contributed by atoms with E-state index in [0.717, 1.165) is 44.2 Å². The summed E-state index contributed by atoms with van der Waals surface area (Å²) < 4.78 is 1.88. The molecule has 0 N–H and O–H groups in total. The highest BCUT2D eigenvalue weighted by Gasteiger charge is 2.37. The van der Waals surface area contributed by atoms with Crippen LogP contribution in [0, 0.1) is 17.8 Å². The van der Waals surface area contributed by atoms with E-state index in [1.165, 1.54) is 44.1 Å². The fraction of sp³-hybridized carbons (Fsp3) is 0.800. The molecule has 0 spiro atoms. The van der Waals surface area contributed by atoms with Crippen molar-refractivity contribution < 1.29 is 4.79 Å². The number of carbonyl (C=O) groups excluding carboxylic acids is 1. The van der Waals surface area contributed by atoms with E-state index in [0.29, 0.717) is 17.7 Å². The number of nitrogens with zero attached hydrogens (tertiary/aromatic N) is 3. The molecule has 1 amide bonds. The summed E-state index contributed by atoms with van der Waals surface area (Å²) in [5.41, 5.74) is 1.34. The quantitative estimate of drug-likeness (QED) is 0.829. The van der Waals surface area contributed by atoms with Crippen LogP contribution in [0.1, 0.15) is 69.3 Å². The average molecular weight is 329 g/mol. The molecule has 4 rings (SSSR count). The molecule has 2 aliphatic carbocycles. The van der Waals surface area contributed by atoms with Crippen LogP contribution in [0.5, 0.6) is 0 Å². The number of hydrogen-bond donors (Lipinski definition) is 0. The average Bonchev–Trinajstić information content (AvgIpc) is 3.07. The minimum atomic E-state index is 0.319. The number of piperidine rings is 1. The van der Waals surface area contributed by atoms with Gasteiger partial charge < -0.3 is 4.90 Å². The van der Waals surface area contributed by atoms with Gasteiger partial charge in [-0.05, 0) is 55.4 Å². The van der Waals surface area contributed by atoms with Gasteiger partial charge in [-0.25, -0.2) is 0 Å². The van der Waals surface area contributed by atoms with E-state index >= 15 is 0 Å². The number of fused-ring (bicyclic) bond motifs is 1. The Bertz CT molecular complexity index is 573. The summed E-state index contributed by atoms with van der Waals surface area (Å²) >= 11 is 0. The van der Waals surface area contributed by atoms with Crippen molar-refractivity contribution in [2.24, 2.45) is 24.8 Å². The van der Waals surface area contributed by atoms with Crippen LogP contribution in [-0.2, 0) is 11.8 Å². The monoisotopic (exact) mass is 329 g/mol. The van der Waals surface area contributed by atoms with E-state index in [9.17, 15) is 4.79 Å². The second kappa shape index (κ2) is 6.89. The Balaban J connectivity index is 1.31. The predicted octanol–water partition coefficient (Wildman–Crippen LogP) is 3.73. The maximum absolute atomic E-state index is 13.0. The van der Waals surface area contributed by atoms with Crippen LogP contribution in [0.3, 0.4) is 0 Å². The van der Waals surface area contributed by atoms with Crippen molar-refractivity contribution in [2.45, 2.75) is 63.7 Å². The molecule has 1 aromatic rings. The lowest BCUT2D eigenvalue weighted by Crippen LogP contribution is -2.43. The molecule has 1 saturated heterocycles. The van der Waals surface area contributed by atoms with Crippen molar-refractivity contribution >= 4 is 5.91 Å². The fourth-order valence-electron chi connectivity index (χ4n) is 5.44. The summed E-state index contributed by atoms with van der Waals surface area (Å²) in [5, 5.41) is 4.29. The number of aryl methyl sites for hydroxylation is 1. The maximum Gasteiger partial charge on any atom is 0.225 e. The van der Waals surface area contributed by atoms with Crippen LogP contribution in [0.4, 0.5) is 0 Å². The number of rotatable bonds is 2. The first kappa shape index (κ1) is 16.2. The zero-order valence-electron chi connectivity index (χ0n) is 15.0. The van der Waals surface area contributed by atoms with Gasteiger partial charge in [-0.3, -0.25) is 9.48 Å². The Kier molecular flexibility index (Phi) is 4.64. The Labute approximate surface area is 145 Å². The molecule has 0 radical (unpaired) electrons. The molecule has 0 bridgehead atoms. The summed E-state index contributed by atoms with van der Waals surface area (Å²) in [7, 11) is 1.98. The molecule has 3 aliphatic rings. The van der Waals surface area contributed by atoms with Crippen LogP contribution < -0.4 is 0 Å². The zero-order chi connectivity index (χ0) is 16.5. The highest BCUT2D eigenvalue weighted by atomic mass is 16.2. The van der Waals surface area contributed by atoms with Crippen molar-refractivity contribution in [3.05, 3.63) is 18.0 Å². The van der Waals surface area contributed by atoms with E-state index in [2.05, 4.69) is 16.2 Å². The molecule has 0 aromatic carbocycles. The molecule has 1 aliphatic heterocycles. The first-order chi connectivity index (χ1) is 11.7. The number of amides is 1. The van der Waals surface area contributed by atoms with E-state index in [4.69, 9.17) is 0 Å². The first-order valence-electron chi connectivity index (χ1n) is 9.98. The van der Waals surface area contributed by atoms with Gasteiger partial charge in [-0.2, -0.15) is 5.10 Å². The SMILES string of the molecule is Cn1cc(C2CCN(C(=O)[C@@H]3CC[C@@H]4CCCC[C@@H]4C3)CC2)cn1. The molecular weight excluding hydrogens is 298 g/mol. The Morgan fingerprint density at radius 2 is 1.79 bits per heavy atom. The van der Waals surface area contributed by atoms with Crippen molar-refractivity contribution in [3.8, 4) is 0 Å². The Hall–Kier alpha value is -1.32. The molecule has 2 saturated carbocycles. The van der Waals surface area contributed by atoms with Crippen molar-refractivity contribution in [2.75, 3.05) is 13.1 Å². The molecule has 24 heavy (non-hydrogen) atoms. The van der Waals surface area contributed by atoms with Gasteiger partial charge >= 0.3 is 0 Å². The number of aromatic nitrogens is 2. The number of likely N-dealkylation sites (tertiary alicyclic amines) is 1. The fourth-order valence-corrected chi connectivity index (χ4v) is 5.44. The first-order valence-corrected chi connectivity index (χ1v) is 9.98. The molecule has 132 valence electrons. The van der Waals surface area contributed by atoms with Gasteiger partial charge in [0.2, 0.25) is 5.91 Å². The van der Waals surface area contributed by atoms with E-state index in [-0.39, 0.29) is 0 Å². The summed E-state index contributed by atoms with van der Waals surface area (Å²) in [5.74, 6) is 3.13. The normalized spacial score (nSPS) is 31.7. The molecule has 4 heteroatoms. The summed E-state index contributed by atoms with van der Waals surface area (Å²) in [6, 6.07) is 0. The third-order valence-corrected chi connectivity index (χ3v) is 6.89. The second-order valence-electron chi connectivity index (χ2n) is 8.36. The highest BCUT2D eigenvalue weighted by molar-refractivity contribution is 5.79. The van der Waals surface area contributed by atoms with Gasteiger partial charge in [0.05, 0.1) is 6.20 Å². The maximum atomic E-state index is 13.0. The number of carbonyl (C=O) groups is 1. The highest BCUT2D eigenvalue weighted by Crippen LogP contribution is 2.43. The molecular formula is C20H31N3O. The zero-order valence-corrected chi connectivity index (χ0v) is 15.0. The van der Waals surface area contributed by atoms with Crippen LogP contribution in [0.2, 0.25) is 0 Å². The van der Waals surface area contributed by atoms with Gasteiger partial charge in [0, 0.05) is 32.3 Å². The lowest BCUT2D eigenvalue weighted by molar-refractivity contribution is -0.139. The topological polar surface area (TPSA) is 38.1 Å². The summed E-state index contributed by atoms with van der Waals surface area (Å²) in [6.45, 7) is 1.87. The minimum absolute atomic E-state index is 0.319. The van der Waals surface area contributed by atoms with Crippen molar-refractivity contribution in [3.63, 3.8) is 0 Å². The summed E-state index contributed by atoms with van der Waals surface area (Å²) in [6.07, 6.45) is 15.5. The molecule has 2 heterocycles. The predicted molar refractivity (Wildman–Crippen MR) is 94.6 cm³/mol. The molecule has 0 unspecified atom stereocenters. The van der Waals surface area contributed by atoms with Crippen LogP contribution in [-0.4, -0.2) is 33.7 Å². The van der Waals surface area contributed by atoms with E-state index in [1.807, 2.05) is 17.9 Å². The van der Waals surface area contributed by atoms with Crippen LogP contribution >= 0.6 is 0 Å². The standard InChI is InChI=1S/C20H31N3O/c1-22-14-19(13-21-22)16-8-10-23(11-9-16)20(24)18-7-6-15-4-2-3-5-17(15)12-18/h13-18H,2-12H2,1H3/t15-,17+,18+/m0/s1. The van der Waals surface area contributed by atoms with Gasteiger partial charge in [0.1, 0.15) is 0 Å². The van der Waals surface area contributed by atoms with Gasteiger partial charge in [-0.15, -0.1) is 0 Å². The van der Waals surface area contributed by atoms with E-state index in [1.54, 1.807) is 0 Å². The lowest BCUT2D eigenvalue weighted by Gasteiger charge is -2.41. The largest absolute Gasteiger partial charge is 0.342 e.